The lowest BCUT2D eigenvalue weighted by Gasteiger charge is -2.61. The van der Waals surface area contributed by atoms with Crippen molar-refractivity contribution in [1.29, 1.82) is 0 Å². The fourth-order valence-electron chi connectivity index (χ4n) is 4.57. The van der Waals surface area contributed by atoms with Crippen molar-refractivity contribution >= 4 is 0 Å². The van der Waals surface area contributed by atoms with Gasteiger partial charge in [-0.15, -0.1) is 0 Å². The molecule has 0 aliphatic heterocycles. The maximum absolute atomic E-state index is 5.93. The summed E-state index contributed by atoms with van der Waals surface area (Å²) < 4.78 is 5.93. The number of hydrogen-bond donors (Lipinski definition) is 1. The molecule has 3 saturated carbocycles. The summed E-state index contributed by atoms with van der Waals surface area (Å²) >= 11 is 0. The van der Waals surface area contributed by atoms with Crippen LogP contribution in [0, 0.1) is 17.3 Å². The molecule has 1 N–H and O–H groups in total. The Morgan fingerprint density at radius 3 is 2.47 bits per heavy atom. The van der Waals surface area contributed by atoms with Crippen molar-refractivity contribution in [2.45, 2.75) is 77.4 Å². The van der Waals surface area contributed by atoms with Gasteiger partial charge in [0, 0.05) is 18.1 Å². The van der Waals surface area contributed by atoms with Crippen LogP contribution in [0.15, 0.2) is 0 Å². The Morgan fingerprint density at radius 2 is 1.89 bits per heavy atom. The van der Waals surface area contributed by atoms with Crippen molar-refractivity contribution in [1.82, 2.24) is 5.32 Å². The molecule has 0 amide bonds. The van der Waals surface area contributed by atoms with E-state index in [-0.39, 0.29) is 0 Å². The van der Waals surface area contributed by atoms with E-state index in [1.54, 1.807) is 0 Å². The van der Waals surface area contributed by atoms with Crippen LogP contribution in [0.5, 0.6) is 0 Å². The lowest BCUT2D eigenvalue weighted by molar-refractivity contribution is -0.173. The zero-order chi connectivity index (χ0) is 13.3. The first-order valence-electron chi connectivity index (χ1n) is 8.59. The SMILES string of the molecule is CCOC1CC(NCC2CCC(C)CC2)C12CCC2. The second-order valence-corrected chi connectivity index (χ2v) is 7.35. The molecule has 2 nitrogen and oxygen atoms in total. The Balaban J connectivity index is 1.44. The minimum atomic E-state index is 0.540. The Bertz CT molecular complexity index is 292. The summed E-state index contributed by atoms with van der Waals surface area (Å²) in [7, 11) is 0. The molecule has 2 heteroatoms. The van der Waals surface area contributed by atoms with Crippen LogP contribution in [0.4, 0.5) is 0 Å². The fraction of sp³-hybridized carbons (Fsp3) is 1.00. The molecule has 3 aliphatic rings. The second kappa shape index (κ2) is 5.73. The highest BCUT2D eigenvalue weighted by Gasteiger charge is 2.58. The zero-order valence-corrected chi connectivity index (χ0v) is 12.8. The van der Waals surface area contributed by atoms with Crippen LogP contribution in [0.3, 0.4) is 0 Å². The summed E-state index contributed by atoms with van der Waals surface area (Å²) in [6.45, 7) is 6.69. The lowest BCUT2D eigenvalue weighted by atomic mass is 9.51. The number of hydrogen-bond acceptors (Lipinski definition) is 2. The minimum absolute atomic E-state index is 0.540. The van der Waals surface area contributed by atoms with E-state index >= 15 is 0 Å². The fourth-order valence-corrected chi connectivity index (χ4v) is 4.57. The Labute approximate surface area is 118 Å². The summed E-state index contributed by atoms with van der Waals surface area (Å²) in [5.74, 6) is 1.92. The molecule has 2 unspecified atom stereocenters. The number of rotatable bonds is 5. The maximum Gasteiger partial charge on any atom is 0.0661 e. The predicted octanol–water partition coefficient (Wildman–Crippen LogP) is 3.75. The molecule has 19 heavy (non-hydrogen) atoms. The van der Waals surface area contributed by atoms with Crippen LogP contribution in [-0.2, 0) is 4.74 Å². The van der Waals surface area contributed by atoms with Crippen LogP contribution < -0.4 is 5.32 Å². The molecule has 0 bridgehead atoms. The Hall–Kier alpha value is -0.0800. The molecule has 3 rings (SSSR count). The number of ether oxygens (including phenoxy) is 1. The molecule has 3 aliphatic carbocycles. The van der Waals surface area contributed by atoms with E-state index in [4.69, 9.17) is 4.74 Å². The third-order valence-electron chi connectivity index (χ3n) is 6.23. The van der Waals surface area contributed by atoms with Crippen molar-refractivity contribution in [3.05, 3.63) is 0 Å². The van der Waals surface area contributed by atoms with Gasteiger partial charge in [-0.05, 0) is 57.4 Å². The van der Waals surface area contributed by atoms with Crippen molar-refractivity contribution in [2.75, 3.05) is 13.2 Å². The first kappa shape index (κ1) is 13.9. The molecule has 0 saturated heterocycles. The van der Waals surface area contributed by atoms with Gasteiger partial charge in [-0.2, -0.15) is 0 Å². The third kappa shape index (κ3) is 2.58. The van der Waals surface area contributed by atoms with Gasteiger partial charge in [0.2, 0.25) is 0 Å². The Morgan fingerprint density at radius 1 is 1.16 bits per heavy atom. The van der Waals surface area contributed by atoms with Crippen LogP contribution in [0.1, 0.15) is 65.2 Å². The van der Waals surface area contributed by atoms with Crippen LogP contribution in [0.25, 0.3) is 0 Å². The molecule has 1 spiro atoms. The molecule has 0 heterocycles. The van der Waals surface area contributed by atoms with Crippen molar-refractivity contribution < 1.29 is 4.74 Å². The van der Waals surface area contributed by atoms with Crippen LogP contribution in [-0.4, -0.2) is 25.3 Å². The van der Waals surface area contributed by atoms with Gasteiger partial charge in [0.05, 0.1) is 6.10 Å². The van der Waals surface area contributed by atoms with Crippen molar-refractivity contribution in [2.24, 2.45) is 17.3 Å². The van der Waals surface area contributed by atoms with E-state index in [9.17, 15) is 0 Å². The van der Waals surface area contributed by atoms with Gasteiger partial charge in [0.15, 0.2) is 0 Å². The van der Waals surface area contributed by atoms with Gasteiger partial charge in [-0.1, -0.05) is 26.2 Å². The molecule has 110 valence electrons. The standard InChI is InChI=1S/C17H31NO/c1-3-19-16-11-15(17(16)9-4-10-17)18-12-14-7-5-13(2)6-8-14/h13-16,18H,3-12H2,1-2H3. The average Bonchev–Trinajstić information content (AvgIpc) is 2.33. The lowest BCUT2D eigenvalue weighted by Crippen LogP contribution is -2.67. The van der Waals surface area contributed by atoms with Gasteiger partial charge < -0.3 is 10.1 Å². The Kier molecular flexibility index (Phi) is 4.19. The van der Waals surface area contributed by atoms with E-state index in [1.807, 2.05) is 0 Å². The summed E-state index contributed by atoms with van der Waals surface area (Å²) in [6, 6.07) is 0.761. The van der Waals surface area contributed by atoms with Crippen molar-refractivity contribution in [3.8, 4) is 0 Å². The van der Waals surface area contributed by atoms with Crippen LogP contribution >= 0.6 is 0 Å². The summed E-state index contributed by atoms with van der Waals surface area (Å²) in [5, 5.41) is 3.90. The topological polar surface area (TPSA) is 21.3 Å². The number of nitrogens with one attached hydrogen (secondary N) is 1. The average molecular weight is 265 g/mol. The van der Waals surface area contributed by atoms with Gasteiger partial charge in [0.1, 0.15) is 0 Å². The summed E-state index contributed by atoms with van der Waals surface area (Å²) in [5.41, 5.74) is 0.540. The predicted molar refractivity (Wildman–Crippen MR) is 79.2 cm³/mol. The molecule has 0 aromatic heterocycles. The smallest absolute Gasteiger partial charge is 0.0661 e. The van der Waals surface area contributed by atoms with E-state index in [0.29, 0.717) is 11.5 Å². The first-order valence-corrected chi connectivity index (χ1v) is 8.59. The summed E-state index contributed by atoms with van der Waals surface area (Å²) in [6.07, 6.45) is 11.8. The van der Waals surface area contributed by atoms with E-state index in [2.05, 4.69) is 19.2 Å². The molecule has 2 atom stereocenters. The highest BCUT2D eigenvalue weighted by Crippen LogP contribution is 2.57. The minimum Gasteiger partial charge on any atom is -0.378 e. The first-order chi connectivity index (χ1) is 9.24. The molecule has 0 radical (unpaired) electrons. The van der Waals surface area contributed by atoms with Crippen LogP contribution in [0.2, 0.25) is 0 Å². The molecule has 3 fully saturated rings. The third-order valence-corrected chi connectivity index (χ3v) is 6.23. The van der Waals surface area contributed by atoms with E-state index in [1.165, 1.54) is 57.9 Å². The largest absolute Gasteiger partial charge is 0.378 e. The zero-order valence-electron chi connectivity index (χ0n) is 12.8. The van der Waals surface area contributed by atoms with Gasteiger partial charge in [-0.3, -0.25) is 0 Å². The molecule has 0 aromatic rings. The molecular weight excluding hydrogens is 234 g/mol. The highest BCUT2D eigenvalue weighted by molar-refractivity contribution is 5.12. The van der Waals surface area contributed by atoms with E-state index in [0.717, 1.165) is 24.5 Å². The highest BCUT2D eigenvalue weighted by atomic mass is 16.5. The van der Waals surface area contributed by atoms with Gasteiger partial charge in [-0.25, -0.2) is 0 Å². The molecular formula is C17H31NO. The van der Waals surface area contributed by atoms with Crippen molar-refractivity contribution in [3.63, 3.8) is 0 Å². The van der Waals surface area contributed by atoms with Gasteiger partial charge in [0.25, 0.3) is 0 Å². The quantitative estimate of drug-likeness (QED) is 0.817. The second-order valence-electron chi connectivity index (χ2n) is 7.35. The van der Waals surface area contributed by atoms with E-state index < -0.39 is 0 Å². The van der Waals surface area contributed by atoms with Gasteiger partial charge >= 0.3 is 0 Å². The monoisotopic (exact) mass is 265 g/mol. The maximum atomic E-state index is 5.93. The summed E-state index contributed by atoms with van der Waals surface area (Å²) in [4.78, 5) is 0. The normalized spacial score (nSPS) is 40.7. The molecule has 0 aromatic carbocycles.